The van der Waals surface area contributed by atoms with Gasteiger partial charge in [-0.25, -0.2) is 0 Å². The molecule has 1 aromatic carbocycles. The average Bonchev–Trinajstić information content (AvgIpc) is 3.01. The summed E-state index contributed by atoms with van der Waals surface area (Å²) < 4.78 is 18.4. The maximum Gasteiger partial charge on any atom is 0.257 e. The molecule has 1 amide bonds. The molecule has 152 valence electrons. The van der Waals surface area contributed by atoms with Gasteiger partial charge in [0.25, 0.3) is 5.91 Å². The Morgan fingerprint density at radius 3 is 2.11 bits per heavy atom. The third kappa shape index (κ3) is 3.81. The van der Waals surface area contributed by atoms with E-state index in [-0.39, 0.29) is 5.91 Å². The summed E-state index contributed by atoms with van der Waals surface area (Å²) in [6, 6.07) is 5.95. The number of amides is 1. The Kier molecular flexibility index (Phi) is 6.17. The van der Waals surface area contributed by atoms with Gasteiger partial charge in [-0.1, -0.05) is 19.3 Å². The number of hydrogen-bond donors (Lipinski definition) is 1. The maximum absolute atomic E-state index is 13.0. The lowest BCUT2D eigenvalue weighted by Gasteiger charge is -2.26. The average molecular weight is 386 g/mol. The standard InChI is InChI=1S/C22H30N2O4/c1-14-11-18(15(2)24(14)17-9-7-6-8-10-17)22(25)23-16-12-19(26-3)21(28-5)20(13-16)27-4/h11-13,17H,6-10H2,1-5H3,(H,23,25). The van der Waals surface area contributed by atoms with Crippen molar-refractivity contribution >= 4 is 11.6 Å². The molecule has 1 aromatic heterocycles. The minimum Gasteiger partial charge on any atom is -0.493 e. The summed E-state index contributed by atoms with van der Waals surface area (Å²) in [7, 11) is 4.67. The second-order valence-corrected chi connectivity index (χ2v) is 7.31. The van der Waals surface area contributed by atoms with Crippen LogP contribution in [0.5, 0.6) is 17.2 Å². The van der Waals surface area contributed by atoms with E-state index >= 15 is 0 Å². The van der Waals surface area contributed by atoms with E-state index in [1.807, 2.05) is 13.0 Å². The van der Waals surface area contributed by atoms with E-state index in [2.05, 4.69) is 16.8 Å². The highest BCUT2D eigenvalue weighted by atomic mass is 16.5. The molecule has 0 bridgehead atoms. The van der Waals surface area contributed by atoms with Crippen LogP contribution < -0.4 is 19.5 Å². The lowest BCUT2D eigenvalue weighted by atomic mass is 9.95. The fourth-order valence-electron chi connectivity index (χ4n) is 4.26. The van der Waals surface area contributed by atoms with E-state index in [1.54, 1.807) is 33.5 Å². The Hall–Kier alpha value is -2.63. The molecule has 1 aliphatic carbocycles. The second kappa shape index (κ2) is 8.59. The number of carbonyl (C=O) groups excluding carboxylic acids is 1. The van der Waals surface area contributed by atoms with Gasteiger partial charge in [-0.3, -0.25) is 4.79 Å². The number of nitrogens with one attached hydrogen (secondary N) is 1. The third-order valence-corrected chi connectivity index (χ3v) is 5.59. The van der Waals surface area contributed by atoms with Crippen LogP contribution in [0.1, 0.15) is 59.9 Å². The highest BCUT2D eigenvalue weighted by Crippen LogP contribution is 2.40. The molecule has 1 fully saturated rings. The number of ether oxygens (including phenoxy) is 3. The Labute approximate surface area is 166 Å². The van der Waals surface area contributed by atoms with E-state index < -0.39 is 0 Å². The molecule has 1 heterocycles. The SMILES string of the molecule is COc1cc(NC(=O)c2cc(C)n(C3CCCCC3)c2C)cc(OC)c1OC. The summed E-state index contributed by atoms with van der Waals surface area (Å²) in [6.45, 7) is 4.11. The number of aryl methyl sites for hydroxylation is 1. The first kappa shape index (κ1) is 20.1. The van der Waals surface area contributed by atoms with Crippen molar-refractivity contribution in [3.8, 4) is 17.2 Å². The van der Waals surface area contributed by atoms with Crippen LogP contribution in [-0.2, 0) is 0 Å². The second-order valence-electron chi connectivity index (χ2n) is 7.31. The quantitative estimate of drug-likeness (QED) is 0.768. The highest BCUT2D eigenvalue weighted by molar-refractivity contribution is 6.05. The van der Waals surface area contributed by atoms with Crippen LogP contribution in [0.2, 0.25) is 0 Å². The monoisotopic (exact) mass is 386 g/mol. The van der Waals surface area contributed by atoms with Gasteiger partial charge in [0, 0.05) is 35.2 Å². The predicted octanol–water partition coefficient (Wildman–Crippen LogP) is 4.89. The van der Waals surface area contributed by atoms with E-state index in [1.165, 1.54) is 32.1 Å². The summed E-state index contributed by atoms with van der Waals surface area (Å²) in [4.78, 5) is 13.0. The number of benzene rings is 1. The van der Waals surface area contributed by atoms with Gasteiger partial charge in [-0.05, 0) is 32.8 Å². The van der Waals surface area contributed by atoms with Gasteiger partial charge in [0.15, 0.2) is 11.5 Å². The number of aromatic nitrogens is 1. The van der Waals surface area contributed by atoms with Gasteiger partial charge in [0.05, 0.1) is 26.9 Å². The zero-order valence-electron chi connectivity index (χ0n) is 17.4. The van der Waals surface area contributed by atoms with Crippen molar-refractivity contribution in [1.29, 1.82) is 0 Å². The fourth-order valence-corrected chi connectivity index (χ4v) is 4.26. The van der Waals surface area contributed by atoms with E-state index in [9.17, 15) is 4.79 Å². The van der Waals surface area contributed by atoms with Gasteiger partial charge in [-0.15, -0.1) is 0 Å². The molecule has 6 nitrogen and oxygen atoms in total. The summed E-state index contributed by atoms with van der Waals surface area (Å²) in [6.07, 6.45) is 6.20. The summed E-state index contributed by atoms with van der Waals surface area (Å²) >= 11 is 0. The van der Waals surface area contributed by atoms with Crippen LogP contribution in [0.15, 0.2) is 18.2 Å². The zero-order chi connectivity index (χ0) is 20.3. The molecule has 6 heteroatoms. The minimum absolute atomic E-state index is 0.135. The fraction of sp³-hybridized carbons (Fsp3) is 0.500. The molecule has 0 saturated heterocycles. The summed E-state index contributed by atoms with van der Waals surface area (Å²) in [5, 5.41) is 2.98. The van der Waals surface area contributed by atoms with Crippen molar-refractivity contribution in [2.75, 3.05) is 26.6 Å². The van der Waals surface area contributed by atoms with Gasteiger partial charge in [0.1, 0.15) is 0 Å². The molecule has 1 aliphatic rings. The topological polar surface area (TPSA) is 61.7 Å². The number of hydrogen-bond acceptors (Lipinski definition) is 4. The van der Waals surface area contributed by atoms with E-state index in [0.717, 1.165) is 11.4 Å². The van der Waals surface area contributed by atoms with E-state index in [0.29, 0.717) is 34.5 Å². The van der Waals surface area contributed by atoms with Crippen LogP contribution in [0, 0.1) is 13.8 Å². The molecule has 3 rings (SSSR count). The van der Waals surface area contributed by atoms with Crippen LogP contribution in [0.25, 0.3) is 0 Å². The predicted molar refractivity (Wildman–Crippen MR) is 110 cm³/mol. The summed E-state index contributed by atoms with van der Waals surface area (Å²) in [5.74, 6) is 1.37. The first-order chi connectivity index (χ1) is 13.5. The van der Waals surface area contributed by atoms with Crippen LogP contribution >= 0.6 is 0 Å². The van der Waals surface area contributed by atoms with Crippen molar-refractivity contribution in [2.24, 2.45) is 0 Å². The molecule has 0 unspecified atom stereocenters. The van der Waals surface area contributed by atoms with Crippen LogP contribution in [0.4, 0.5) is 5.69 Å². The largest absolute Gasteiger partial charge is 0.493 e. The van der Waals surface area contributed by atoms with Crippen molar-refractivity contribution in [1.82, 2.24) is 4.57 Å². The number of rotatable bonds is 6. The smallest absolute Gasteiger partial charge is 0.257 e. The minimum atomic E-state index is -0.135. The maximum atomic E-state index is 13.0. The van der Waals surface area contributed by atoms with E-state index in [4.69, 9.17) is 14.2 Å². The van der Waals surface area contributed by atoms with Crippen molar-refractivity contribution in [3.63, 3.8) is 0 Å². The molecule has 2 aromatic rings. The number of anilines is 1. The Bertz CT molecular complexity index is 825. The molecule has 28 heavy (non-hydrogen) atoms. The Morgan fingerprint density at radius 1 is 0.964 bits per heavy atom. The third-order valence-electron chi connectivity index (χ3n) is 5.59. The van der Waals surface area contributed by atoms with Gasteiger partial charge in [0.2, 0.25) is 5.75 Å². The van der Waals surface area contributed by atoms with Crippen LogP contribution in [0.3, 0.4) is 0 Å². The number of nitrogens with zero attached hydrogens (tertiary/aromatic N) is 1. The highest BCUT2D eigenvalue weighted by Gasteiger charge is 2.23. The van der Waals surface area contributed by atoms with Gasteiger partial charge in [-0.2, -0.15) is 0 Å². The first-order valence-electron chi connectivity index (χ1n) is 9.80. The molecule has 1 N–H and O–H groups in total. The van der Waals surface area contributed by atoms with Crippen LogP contribution in [-0.4, -0.2) is 31.8 Å². The Morgan fingerprint density at radius 2 is 1.57 bits per heavy atom. The normalized spacial score (nSPS) is 14.6. The van der Waals surface area contributed by atoms with Gasteiger partial charge < -0.3 is 24.1 Å². The van der Waals surface area contributed by atoms with Crippen molar-refractivity contribution in [3.05, 3.63) is 35.2 Å². The molecule has 1 saturated carbocycles. The molecule has 0 spiro atoms. The zero-order valence-corrected chi connectivity index (χ0v) is 17.4. The van der Waals surface area contributed by atoms with Crippen molar-refractivity contribution < 1.29 is 19.0 Å². The molecular weight excluding hydrogens is 356 g/mol. The van der Waals surface area contributed by atoms with Crippen molar-refractivity contribution in [2.45, 2.75) is 52.0 Å². The van der Waals surface area contributed by atoms with Gasteiger partial charge >= 0.3 is 0 Å². The molecule has 0 radical (unpaired) electrons. The lowest BCUT2D eigenvalue weighted by Crippen LogP contribution is -2.17. The lowest BCUT2D eigenvalue weighted by molar-refractivity contribution is 0.102. The number of carbonyl (C=O) groups is 1. The molecule has 0 atom stereocenters. The first-order valence-corrected chi connectivity index (χ1v) is 9.80. The molecular formula is C22H30N2O4. The Balaban J connectivity index is 1.87. The molecule has 0 aliphatic heterocycles. The number of methoxy groups -OCH3 is 3. The summed E-state index contributed by atoms with van der Waals surface area (Å²) in [5.41, 5.74) is 3.47.